The molecule has 0 unspecified atom stereocenters. The van der Waals surface area contributed by atoms with E-state index in [0.717, 1.165) is 21.2 Å². The Bertz CT molecular complexity index is 828. The number of ether oxygens (including phenoxy) is 1. The van der Waals surface area contributed by atoms with Crippen molar-refractivity contribution in [1.29, 1.82) is 0 Å². The molecule has 0 radical (unpaired) electrons. The summed E-state index contributed by atoms with van der Waals surface area (Å²) in [7, 11) is 0. The first kappa shape index (κ1) is 16.3. The molecule has 3 aromatic rings. The molecule has 4 nitrogen and oxygen atoms in total. The van der Waals surface area contributed by atoms with Gasteiger partial charge in [-0.05, 0) is 56.3 Å². The van der Waals surface area contributed by atoms with E-state index >= 15 is 0 Å². The molecule has 2 aromatic carbocycles. The predicted octanol–water partition coefficient (Wildman–Crippen LogP) is 4.64. The normalized spacial score (nSPS) is 11.4. The number of nitrogens with two attached hydrogens (primary N) is 2. The van der Waals surface area contributed by atoms with Crippen LogP contribution in [0.1, 0.15) is 19.5 Å². The van der Waals surface area contributed by atoms with Crippen LogP contribution < -0.4 is 16.2 Å². The van der Waals surface area contributed by atoms with E-state index in [9.17, 15) is 0 Å². The molecule has 0 spiro atoms. The van der Waals surface area contributed by atoms with Crippen LogP contribution in [-0.4, -0.2) is 4.98 Å². The highest BCUT2D eigenvalue weighted by Crippen LogP contribution is 2.39. The highest BCUT2D eigenvalue weighted by atomic mass is 32.2. The van der Waals surface area contributed by atoms with Crippen LogP contribution in [0.15, 0.2) is 70.6 Å². The second kappa shape index (κ2) is 6.53. The summed E-state index contributed by atoms with van der Waals surface area (Å²) < 4.78 is 6.30. The van der Waals surface area contributed by atoms with Crippen molar-refractivity contribution in [3.05, 3.63) is 66.5 Å². The first-order valence-corrected chi connectivity index (χ1v) is 8.52. The van der Waals surface area contributed by atoms with Gasteiger partial charge in [-0.1, -0.05) is 23.9 Å². The second-order valence-electron chi connectivity index (χ2n) is 6.04. The third-order valence-corrected chi connectivity index (χ3v) is 4.79. The molecule has 5 N–H and O–H groups in total. The average molecular weight is 339 g/mol. The van der Waals surface area contributed by atoms with Gasteiger partial charge < -0.3 is 21.2 Å². The highest BCUT2D eigenvalue weighted by molar-refractivity contribution is 7.99. The fourth-order valence-corrected chi connectivity index (χ4v) is 3.33. The van der Waals surface area contributed by atoms with E-state index in [2.05, 4.69) is 4.98 Å². The highest BCUT2D eigenvalue weighted by Gasteiger charge is 2.24. The fourth-order valence-electron chi connectivity index (χ4n) is 2.40. The number of anilines is 2. The van der Waals surface area contributed by atoms with E-state index in [1.165, 1.54) is 0 Å². The molecule has 0 saturated heterocycles. The Labute approximate surface area is 146 Å². The minimum absolute atomic E-state index is 0.458. The number of aromatic amines is 1. The first-order valence-electron chi connectivity index (χ1n) is 7.70. The van der Waals surface area contributed by atoms with Crippen molar-refractivity contribution in [3.8, 4) is 5.75 Å². The third kappa shape index (κ3) is 3.51. The zero-order valence-corrected chi connectivity index (χ0v) is 14.6. The summed E-state index contributed by atoms with van der Waals surface area (Å²) in [5.41, 5.74) is 13.4. The molecule has 0 bridgehead atoms. The maximum atomic E-state index is 6.30. The smallest absolute Gasteiger partial charge is 0.143 e. The van der Waals surface area contributed by atoms with Crippen molar-refractivity contribution in [2.45, 2.75) is 29.2 Å². The molecule has 5 heteroatoms. The fraction of sp³-hybridized carbons (Fsp3) is 0.158. The van der Waals surface area contributed by atoms with E-state index in [1.807, 2.05) is 74.6 Å². The van der Waals surface area contributed by atoms with Crippen molar-refractivity contribution in [2.75, 3.05) is 11.5 Å². The Kier molecular flexibility index (Phi) is 4.44. The number of hydrogen-bond acceptors (Lipinski definition) is 4. The molecule has 0 amide bonds. The number of hydrogen-bond donors (Lipinski definition) is 3. The van der Waals surface area contributed by atoms with E-state index in [0.29, 0.717) is 11.4 Å². The third-order valence-electron chi connectivity index (χ3n) is 3.75. The van der Waals surface area contributed by atoms with Crippen LogP contribution in [0.3, 0.4) is 0 Å². The molecule has 0 aliphatic carbocycles. The monoisotopic (exact) mass is 339 g/mol. The summed E-state index contributed by atoms with van der Waals surface area (Å²) in [6.45, 7) is 4.09. The molecule has 0 aliphatic heterocycles. The van der Waals surface area contributed by atoms with E-state index in [1.54, 1.807) is 11.8 Å². The molecule has 0 fully saturated rings. The Hall–Kier alpha value is -2.53. The van der Waals surface area contributed by atoms with E-state index in [4.69, 9.17) is 16.2 Å². The van der Waals surface area contributed by atoms with Crippen molar-refractivity contribution < 1.29 is 4.74 Å². The van der Waals surface area contributed by atoms with Crippen LogP contribution >= 0.6 is 11.8 Å². The average Bonchev–Trinajstić information content (AvgIpc) is 3.08. The minimum Gasteiger partial charge on any atom is -0.480 e. The quantitative estimate of drug-likeness (QED) is 0.592. The van der Waals surface area contributed by atoms with Crippen LogP contribution in [0, 0.1) is 0 Å². The number of nitrogens with one attached hydrogen (secondary N) is 1. The lowest BCUT2D eigenvalue weighted by Gasteiger charge is -2.26. The Morgan fingerprint density at radius 1 is 0.958 bits per heavy atom. The zero-order chi connectivity index (χ0) is 17.2. The molecule has 0 aliphatic rings. The van der Waals surface area contributed by atoms with Crippen molar-refractivity contribution in [1.82, 2.24) is 4.98 Å². The van der Waals surface area contributed by atoms with Gasteiger partial charge in [-0.3, -0.25) is 0 Å². The van der Waals surface area contributed by atoms with Crippen LogP contribution in [0.4, 0.5) is 11.4 Å². The van der Waals surface area contributed by atoms with Gasteiger partial charge >= 0.3 is 0 Å². The van der Waals surface area contributed by atoms with Crippen molar-refractivity contribution in [2.24, 2.45) is 0 Å². The molecule has 1 heterocycles. The summed E-state index contributed by atoms with van der Waals surface area (Å²) in [5, 5.41) is 0. The second-order valence-corrected chi connectivity index (χ2v) is 7.15. The largest absolute Gasteiger partial charge is 0.480 e. The molecule has 124 valence electrons. The van der Waals surface area contributed by atoms with Gasteiger partial charge in [0.05, 0.1) is 22.0 Å². The summed E-state index contributed by atoms with van der Waals surface area (Å²) in [6.07, 6.45) is 1.90. The first-order chi connectivity index (χ1) is 11.5. The molecule has 0 atom stereocenters. The minimum atomic E-state index is -0.458. The Balaban J connectivity index is 1.86. The van der Waals surface area contributed by atoms with Crippen LogP contribution in [0.2, 0.25) is 0 Å². The lowest BCUT2D eigenvalue weighted by molar-refractivity contribution is 0.101. The summed E-state index contributed by atoms with van der Waals surface area (Å²) in [4.78, 5) is 5.27. The van der Waals surface area contributed by atoms with Crippen molar-refractivity contribution in [3.63, 3.8) is 0 Å². The standard InChI is InChI=1S/C19H21N3OS/c1-19(2,18-8-5-11-22-18)23-16-6-3-4-7-17(16)24-13-9-10-14(20)15(21)12-13/h3-12,22H,20-21H2,1-2H3. The van der Waals surface area contributed by atoms with E-state index in [-0.39, 0.29) is 0 Å². The summed E-state index contributed by atoms with van der Waals surface area (Å²) in [5.74, 6) is 0.831. The lowest BCUT2D eigenvalue weighted by Crippen LogP contribution is -2.25. The van der Waals surface area contributed by atoms with Gasteiger partial charge in [-0.2, -0.15) is 0 Å². The maximum absolute atomic E-state index is 6.30. The van der Waals surface area contributed by atoms with Gasteiger partial charge in [0.1, 0.15) is 11.4 Å². The van der Waals surface area contributed by atoms with Gasteiger partial charge in [-0.25, -0.2) is 0 Å². The van der Waals surface area contributed by atoms with Gasteiger partial charge in [0.15, 0.2) is 0 Å². The maximum Gasteiger partial charge on any atom is 0.143 e. The number of benzene rings is 2. The lowest BCUT2D eigenvalue weighted by atomic mass is 10.1. The Morgan fingerprint density at radius 2 is 1.75 bits per heavy atom. The number of aromatic nitrogens is 1. The number of para-hydroxylation sites is 1. The summed E-state index contributed by atoms with van der Waals surface area (Å²) in [6, 6.07) is 17.7. The summed E-state index contributed by atoms with van der Waals surface area (Å²) >= 11 is 1.60. The number of nitrogen functional groups attached to an aromatic ring is 2. The molecule has 3 rings (SSSR count). The van der Waals surface area contributed by atoms with Gasteiger partial charge in [0, 0.05) is 11.1 Å². The van der Waals surface area contributed by atoms with Gasteiger partial charge in [0.2, 0.25) is 0 Å². The molecule has 24 heavy (non-hydrogen) atoms. The zero-order valence-electron chi connectivity index (χ0n) is 13.7. The SMILES string of the molecule is CC(C)(Oc1ccccc1Sc1ccc(N)c(N)c1)c1ccc[nH]1. The van der Waals surface area contributed by atoms with Gasteiger partial charge in [0.25, 0.3) is 0 Å². The van der Waals surface area contributed by atoms with Crippen LogP contribution in [0.5, 0.6) is 5.75 Å². The van der Waals surface area contributed by atoms with Crippen molar-refractivity contribution >= 4 is 23.1 Å². The van der Waals surface area contributed by atoms with Crippen LogP contribution in [0.25, 0.3) is 0 Å². The predicted molar refractivity (Wildman–Crippen MR) is 100 cm³/mol. The molecule has 1 aromatic heterocycles. The molecular formula is C19H21N3OS. The molecular weight excluding hydrogens is 318 g/mol. The van der Waals surface area contributed by atoms with Gasteiger partial charge in [-0.15, -0.1) is 0 Å². The number of H-pyrrole nitrogens is 1. The van der Waals surface area contributed by atoms with E-state index < -0.39 is 5.60 Å². The van der Waals surface area contributed by atoms with Crippen LogP contribution in [-0.2, 0) is 5.60 Å². The molecule has 0 saturated carbocycles. The topological polar surface area (TPSA) is 77.1 Å². The Morgan fingerprint density at radius 3 is 2.46 bits per heavy atom. The number of rotatable bonds is 5.